The third-order valence-electron chi connectivity index (χ3n) is 5.22. The van der Waals surface area contributed by atoms with Gasteiger partial charge >= 0.3 is 0 Å². The van der Waals surface area contributed by atoms with Crippen LogP contribution in [0.4, 0.5) is 0 Å². The third-order valence-corrected chi connectivity index (χ3v) is 5.22. The molecule has 138 valence electrons. The lowest BCUT2D eigenvalue weighted by Gasteiger charge is -2.37. The summed E-state index contributed by atoms with van der Waals surface area (Å²) in [5, 5.41) is 11.2. The van der Waals surface area contributed by atoms with Gasteiger partial charge in [-0.25, -0.2) is 0 Å². The van der Waals surface area contributed by atoms with E-state index in [0.717, 1.165) is 35.4 Å². The van der Waals surface area contributed by atoms with Crippen LogP contribution in [-0.2, 0) is 16.8 Å². The molecule has 2 unspecified atom stereocenters. The second-order valence-corrected chi connectivity index (χ2v) is 7.11. The number of amides is 1. The molecule has 0 bridgehead atoms. The Morgan fingerprint density at radius 2 is 2.04 bits per heavy atom. The first kappa shape index (κ1) is 18.4. The lowest BCUT2D eigenvalue weighted by atomic mass is 9.86. The van der Waals surface area contributed by atoms with Crippen molar-refractivity contribution >= 4 is 5.91 Å². The number of aromatic nitrogens is 1. The predicted octanol–water partition coefficient (Wildman–Crippen LogP) is 2.84. The molecule has 2 aromatic rings. The first-order valence-corrected chi connectivity index (χ1v) is 8.99. The molecule has 1 aliphatic rings. The van der Waals surface area contributed by atoms with Gasteiger partial charge in [0.2, 0.25) is 5.91 Å². The first-order valence-electron chi connectivity index (χ1n) is 8.99. The lowest BCUT2D eigenvalue weighted by molar-refractivity contribution is -0.137. The van der Waals surface area contributed by atoms with Crippen molar-refractivity contribution in [1.29, 1.82) is 0 Å². The van der Waals surface area contributed by atoms with Crippen molar-refractivity contribution < 1.29 is 14.6 Å². The van der Waals surface area contributed by atoms with Gasteiger partial charge in [-0.3, -0.25) is 9.78 Å². The Kier molecular flexibility index (Phi) is 5.28. The van der Waals surface area contributed by atoms with Crippen molar-refractivity contribution in [2.45, 2.75) is 44.8 Å². The van der Waals surface area contributed by atoms with E-state index in [1.165, 1.54) is 0 Å². The fourth-order valence-electron chi connectivity index (χ4n) is 3.65. The van der Waals surface area contributed by atoms with Crippen molar-refractivity contribution in [3.8, 4) is 5.75 Å². The van der Waals surface area contributed by atoms with Crippen molar-refractivity contribution in [2.75, 3.05) is 13.7 Å². The molecule has 26 heavy (non-hydrogen) atoms. The highest BCUT2D eigenvalue weighted by Gasteiger charge is 2.42. The number of aliphatic hydroxyl groups is 1. The predicted molar refractivity (Wildman–Crippen MR) is 100.0 cm³/mol. The minimum atomic E-state index is -1.11. The summed E-state index contributed by atoms with van der Waals surface area (Å²) in [6.45, 7) is 4.39. The highest BCUT2D eigenvalue weighted by atomic mass is 16.5. The Morgan fingerprint density at radius 1 is 1.31 bits per heavy atom. The molecule has 1 aromatic heterocycles. The monoisotopic (exact) mass is 354 g/mol. The number of nitrogens with zero attached hydrogens (tertiary/aromatic N) is 2. The molecule has 1 N–H and O–H groups in total. The number of ether oxygens (including phenoxy) is 1. The van der Waals surface area contributed by atoms with Gasteiger partial charge in [0.1, 0.15) is 11.4 Å². The summed E-state index contributed by atoms with van der Waals surface area (Å²) in [5.41, 5.74) is 1.52. The van der Waals surface area contributed by atoms with Crippen LogP contribution in [-0.4, -0.2) is 40.6 Å². The Bertz CT molecular complexity index is 754. The summed E-state index contributed by atoms with van der Waals surface area (Å²) in [7, 11) is 1.62. The van der Waals surface area contributed by atoms with Gasteiger partial charge in [0, 0.05) is 18.4 Å². The summed E-state index contributed by atoms with van der Waals surface area (Å²) >= 11 is 0. The number of benzene rings is 1. The van der Waals surface area contributed by atoms with Gasteiger partial charge < -0.3 is 14.7 Å². The summed E-state index contributed by atoms with van der Waals surface area (Å²) < 4.78 is 5.19. The molecule has 1 aromatic carbocycles. The minimum Gasteiger partial charge on any atom is -0.497 e. The lowest BCUT2D eigenvalue weighted by Crippen LogP contribution is -2.48. The van der Waals surface area contributed by atoms with E-state index in [1.54, 1.807) is 20.2 Å². The maximum Gasteiger partial charge on any atom is 0.227 e. The van der Waals surface area contributed by atoms with Crippen molar-refractivity contribution in [1.82, 2.24) is 9.88 Å². The van der Waals surface area contributed by atoms with Crippen molar-refractivity contribution in [3.05, 3.63) is 59.4 Å². The molecule has 5 nitrogen and oxygen atoms in total. The number of rotatable bonds is 5. The number of methoxy groups -OCH3 is 1. The largest absolute Gasteiger partial charge is 0.497 e. The smallest absolute Gasteiger partial charge is 0.227 e. The summed E-state index contributed by atoms with van der Waals surface area (Å²) in [5.74, 6) is 0.780. The van der Waals surface area contributed by atoms with Gasteiger partial charge in [-0.05, 0) is 56.0 Å². The van der Waals surface area contributed by atoms with E-state index in [2.05, 4.69) is 4.98 Å². The van der Waals surface area contributed by atoms with E-state index in [0.29, 0.717) is 13.0 Å². The van der Waals surface area contributed by atoms with E-state index in [4.69, 9.17) is 4.74 Å². The van der Waals surface area contributed by atoms with Gasteiger partial charge in [-0.15, -0.1) is 0 Å². The number of carbonyl (C=O) groups excluding carboxylic acids is 1. The minimum absolute atomic E-state index is 0.0342. The van der Waals surface area contributed by atoms with Crippen LogP contribution in [0.5, 0.6) is 5.75 Å². The molecule has 0 spiro atoms. The fourth-order valence-corrected chi connectivity index (χ4v) is 3.65. The molecule has 0 saturated carbocycles. The van der Waals surface area contributed by atoms with Crippen LogP contribution in [0.15, 0.2) is 42.6 Å². The molecule has 1 saturated heterocycles. The van der Waals surface area contributed by atoms with Gasteiger partial charge in [0.15, 0.2) is 0 Å². The molecule has 2 atom stereocenters. The average molecular weight is 354 g/mol. The zero-order chi connectivity index (χ0) is 18.7. The normalized spacial score (nSPS) is 19.2. The molecule has 5 heteroatoms. The molecule has 3 rings (SSSR count). The third kappa shape index (κ3) is 3.73. The van der Waals surface area contributed by atoms with Crippen LogP contribution in [0.1, 0.15) is 36.6 Å². The molecule has 2 heterocycles. The highest BCUT2D eigenvalue weighted by molar-refractivity contribution is 5.79. The second-order valence-electron chi connectivity index (χ2n) is 7.11. The number of pyridine rings is 1. The van der Waals surface area contributed by atoms with Gasteiger partial charge in [-0.1, -0.05) is 18.2 Å². The van der Waals surface area contributed by atoms with E-state index in [1.807, 2.05) is 48.2 Å². The number of hydrogen-bond donors (Lipinski definition) is 1. The van der Waals surface area contributed by atoms with E-state index < -0.39 is 5.60 Å². The van der Waals surface area contributed by atoms with E-state index in [-0.39, 0.29) is 11.9 Å². The Hall–Kier alpha value is -2.40. The van der Waals surface area contributed by atoms with E-state index in [9.17, 15) is 9.90 Å². The van der Waals surface area contributed by atoms with Crippen LogP contribution in [0.25, 0.3) is 0 Å². The molecular weight excluding hydrogens is 328 g/mol. The number of hydrogen-bond acceptors (Lipinski definition) is 4. The molecule has 1 amide bonds. The molecular formula is C21H26N2O3. The molecule has 1 fully saturated rings. The van der Waals surface area contributed by atoms with Crippen LogP contribution >= 0.6 is 0 Å². The second kappa shape index (κ2) is 7.46. The molecule has 1 aliphatic heterocycles. The molecule has 0 radical (unpaired) electrons. The Labute approximate surface area is 154 Å². The SMILES string of the molecule is COc1ccc(C(C)(O)C2CCCN2C(=O)Cc2ccc(C)nc2)cc1. The topological polar surface area (TPSA) is 62.7 Å². The number of likely N-dealkylation sites (tertiary alicyclic amines) is 1. The number of carbonyl (C=O) groups is 1. The number of aryl methyl sites for hydroxylation is 1. The first-order chi connectivity index (χ1) is 12.4. The summed E-state index contributed by atoms with van der Waals surface area (Å²) in [4.78, 5) is 18.9. The van der Waals surface area contributed by atoms with Crippen LogP contribution in [0.2, 0.25) is 0 Å². The van der Waals surface area contributed by atoms with Crippen LogP contribution in [0, 0.1) is 6.92 Å². The standard InChI is InChI=1S/C21H26N2O3/c1-15-6-7-16(14-22-15)13-20(24)23-12-4-5-19(23)21(2,25)17-8-10-18(26-3)11-9-17/h6-11,14,19,25H,4-5,12-13H2,1-3H3. The summed E-state index contributed by atoms with van der Waals surface area (Å²) in [6.07, 6.45) is 3.74. The van der Waals surface area contributed by atoms with Gasteiger partial charge in [-0.2, -0.15) is 0 Å². The van der Waals surface area contributed by atoms with Crippen LogP contribution in [0.3, 0.4) is 0 Å². The van der Waals surface area contributed by atoms with E-state index >= 15 is 0 Å². The average Bonchev–Trinajstić information content (AvgIpc) is 3.14. The van der Waals surface area contributed by atoms with Crippen molar-refractivity contribution in [2.24, 2.45) is 0 Å². The zero-order valence-corrected chi connectivity index (χ0v) is 15.6. The Morgan fingerprint density at radius 3 is 2.65 bits per heavy atom. The van der Waals surface area contributed by atoms with Gasteiger partial charge in [0.05, 0.1) is 19.6 Å². The Balaban J connectivity index is 1.77. The molecule has 0 aliphatic carbocycles. The quantitative estimate of drug-likeness (QED) is 0.897. The van der Waals surface area contributed by atoms with Crippen molar-refractivity contribution in [3.63, 3.8) is 0 Å². The summed E-state index contributed by atoms with van der Waals surface area (Å²) in [6, 6.07) is 11.0. The zero-order valence-electron chi connectivity index (χ0n) is 15.6. The maximum absolute atomic E-state index is 12.9. The maximum atomic E-state index is 12.9. The fraction of sp³-hybridized carbons (Fsp3) is 0.429. The highest BCUT2D eigenvalue weighted by Crippen LogP contribution is 2.35. The van der Waals surface area contributed by atoms with Crippen LogP contribution < -0.4 is 4.74 Å². The van der Waals surface area contributed by atoms with Gasteiger partial charge in [0.25, 0.3) is 0 Å².